The quantitative estimate of drug-likeness (QED) is 0.524. The first-order valence-electron chi connectivity index (χ1n) is 4.67. The summed E-state index contributed by atoms with van der Waals surface area (Å²) in [6, 6.07) is 0. The summed E-state index contributed by atoms with van der Waals surface area (Å²) < 4.78 is 0.587. The molecule has 0 unspecified atom stereocenters. The minimum absolute atomic E-state index is 0.0310. The van der Waals surface area contributed by atoms with Gasteiger partial charge in [0, 0.05) is 12.7 Å². The maximum atomic E-state index is 10.8. The first kappa shape index (κ1) is 12.6. The monoisotopic (exact) mass is 285 g/mol. The van der Waals surface area contributed by atoms with Crippen LogP contribution >= 0.6 is 15.9 Å². The van der Waals surface area contributed by atoms with Gasteiger partial charge in [-0.05, 0) is 29.8 Å². The van der Waals surface area contributed by atoms with E-state index in [1.165, 1.54) is 12.4 Å². The predicted octanol–water partition coefficient (Wildman–Crippen LogP) is 3.13. The molecule has 1 heterocycles. The Balaban J connectivity index is 2.93. The Labute approximate surface area is 102 Å². The van der Waals surface area contributed by atoms with Gasteiger partial charge in [-0.2, -0.15) is 0 Å². The Hall–Kier alpha value is -1.43. The predicted molar refractivity (Wildman–Crippen MR) is 66.5 cm³/mol. The molecule has 0 bridgehead atoms. The highest BCUT2D eigenvalue weighted by molar-refractivity contribution is 9.10. The zero-order valence-corrected chi connectivity index (χ0v) is 10.6. The average molecular weight is 286 g/mol. The molecule has 0 saturated carbocycles. The maximum absolute atomic E-state index is 10.8. The van der Waals surface area contributed by atoms with Gasteiger partial charge in [0.25, 0.3) is 0 Å². The van der Waals surface area contributed by atoms with E-state index in [0.29, 0.717) is 16.7 Å². The van der Waals surface area contributed by atoms with Crippen LogP contribution in [0, 0.1) is 10.1 Å². The van der Waals surface area contributed by atoms with Gasteiger partial charge < -0.3 is 5.32 Å². The topological polar surface area (TPSA) is 68.1 Å². The molecule has 0 amide bonds. The maximum Gasteiger partial charge on any atom is 0.311 e. The van der Waals surface area contributed by atoms with E-state index in [1.807, 2.05) is 19.9 Å². The van der Waals surface area contributed by atoms with Crippen LogP contribution in [0.3, 0.4) is 0 Å². The van der Waals surface area contributed by atoms with E-state index >= 15 is 0 Å². The molecule has 0 saturated heterocycles. The lowest BCUT2D eigenvalue weighted by molar-refractivity contribution is -0.384. The molecule has 0 aliphatic carbocycles. The van der Waals surface area contributed by atoms with Crippen molar-refractivity contribution < 1.29 is 4.92 Å². The van der Waals surface area contributed by atoms with Crippen molar-refractivity contribution in [3.63, 3.8) is 0 Å². The zero-order chi connectivity index (χ0) is 12.1. The number of rotatable bonds is 4. The number of nitrogens with zero attached hydrogens (tertiary/aromatic N) is 2. The van der Waals surface area contributed by atoms with E-state index in [2.05, 4.69) is 26.2 Å². The summed E-state index contributed by atoms with van der Waals surface area (Å²) in [5.41, 5.74) is 1.58. The van der Waals surface area contributed by atoms with Crippen LogP contribution in [-0.2, 0) is 0 Å². The Morgan fingerprint density at radius 2 is 2.31 bits per heavy atom. The second-order valence-corrected chi connectivity index (χ2v) is 4.29. The third kappa shape index (κ3) is 3.30. The third-order valence-corrected chi connectivity index (χ3v) is 2.47. The number of nitro groups is 1. The number of allylic oxidation sites excluding steroid dienone is 1. The molecule has 16 heavy (non-hydrogen) atoms. The Kier molecular flexibility index (Phi) is 4.42. The fraction of sp³-hybridized carbons (Fsp3) is 0.300. The molecule has 0 aliphatic heterocycles. The van der Waals surface area contributed by atoms with Crippen LogP contribution in [-0.4, -0.2) is 16.5 Å². The first-order valence-corrected chi connectivity index (χ1v) is 5.46. The van der Waals surface area contributed by atoms with Crippen molar-refractivity contribution in [1.82, 2.24) is 4.98 Å². The fourth-order valence-corrected chi connectivity index (χ4v) is 1.56. The molecule has 1 rings (SSSR count). The zero-order valence-electron chi connectivity index (χ0n) is 9.03. The number of aromatic nitrogens is 1. The summed E-state index contributed by atoms with van der Waals surface area (Å²) in [6.07, 6.45) is 4.71. The molecule has 6 heteroatoms. The average Bonchev–Trinajstić information content (AvgIpc) is 2.19. The van der Waals surface area contributed by atoms with Crippen LogP contribution in [0.1, 0.15) is 13.8 Å². The number of nitrogens with one attached hydrogen (secondary N) is 1. The van der Waals surface area contributed by atoms with Gasteiger partial charge in [-0.25, -0.2) is 0 Å². The molecule has 1 aromatic heterocycles. The molecule has 0 spiro atoms. The molecule has 0 fully saturated rings. The van der Waals surface area contributed by atoms with Crippen LogP contribution < -0.4 is 5.32 Å². The highest BCUT2D eigenvalue weighted by Crippen LogP contribution is 2.30. The van der Waals surface area contributed by atoms with Crippen molar-refractivity contribution in [2.45, 2.75) is 13.8 Å². The largest absolute Gasteiger partial charge is 0.375 e. The highest BCUT2D eigenvalue weighted by atomic mass is 79.9. The van der Waals surface area contributed by atoms with Crippen molar-refractivity contribution >= 4 is 27.3 Å². The van der Waals surface area contributed by atoms with E-state index in [9.17, 15) is 10.1 Å². The molecule has 0 aliphatic rings. The van der Waals surface area contributed by atoms with Crippen LogP contribution in [0.5, 0.6) is 0 Å². The van der Waals surface area contributed by atoms with Crippen molar-refractivity contribution in [2.75, 3.05) is 11.9 Å². The van der Waals surface area contributed by atoms with Crippen LogP contribution in [0.25, 0.3) is 0 Å². The Morgan fingerprint density at radius 3 is 2.88 bits per heavy atom. The summed E-state index contributed by atoms with van der Waals surface area (Å²) in [6.45, 7) is 4.49. The number of hydrogen-bond donors (Lipinski definition) is 1. The lowest BCUT2D eigenvalue weighted by Gasteiger charge is -2.06. The van der Waals surface area contributed by atoms with Crippen molar-refractivity contribution in [3.8, 4) is 0 Å². The third-order valence-electron chi connectivity index (χ3n) is 1.87. The molecule has 86 valence electrons. The van der Waals surface area contributed by atoms with Crippen molar-refractivity contribution in [3.05, 3.63) is 38.6 Å². The van der Waals surface area contributed by atoms with Gasteiger partial charge in [-0.3, -0.25) is 15.1 Å². The Bertz CT molecular complexity index is 428. The van der Waals surface area contributed by atoms with Crippen molar-refractivity contribution in [1.29, 1.82) is 0 Å². The number of halogens is 1. The van der Waals surface area contributed by atoms with Crippen molar-refractivity contribution in [2.24, 2.45) is 0 Å². The SMILES string of the molecule is CC(C)=CCNc1c(Br)cncc1[N+](=O)[O-]. The van der Waals surface area contributed by atoms with Gasteiger partial charge in [0.15, 0.2) is 0 Å². The molecular weight excluding hydrogens is 274 g/mol. The van der Waals surface area contributed by atoms with E-state index < -0.39 is 4.92 Å². The Morgan fingerprint density at radius 1 is 1.62 bits per heavy atom. The van der Waals surface area contributed by atoms with E-state index in [4.69, 9.17) is 0 Å². The number of anilines is 1. The normalized spacial score (nSPS) is 9.69. The van der Waals surface area contributed by atoms with E-state index in [1.54, 1.807) is 0 Å². The summed E-state index contributed by atoms with van der Waals surface area (Å²) >= 11 is 3.23. The first-order chi connectivity index (χ1) is 7.52. The second-order valence-electron chi connectivity index (χ2n) is 3.43. The molecule has 0 aromatic carbocycles. The molecule has 5 nitrogen and oxygen atoms in total. The summed E-state index contributed by atoms with van der Waals surface area (Å²) in [5.74, 6) is 0. The molecule has 0 atom stereocenters. The van der Waals surface area contributed by atoms with Crippen LogP contribution in [0.2, 0.25) is 0 Å². The molecule has 1 aromatic rings. The summed E-state index contributed by atoms with van der Waals surface area (Å²) in [7, 11) is 0. The lowest BCUT2D eigenvalue weighted by atomic mass is 10.3. The molecular formula is C10H12BrN3O2. The van der Waals surface area contributed by atoms with Gasteiger partial charge in [0.1, 0.15) is 11.9 Å². The van der Waals surface area contributed by atoms with Gasteiger partial charge in [0.05, 0.1) is 9.40 Å². The second kappa shape index (κ2) is 5.60. The van der Waals surface area contributed by atoms with Gasteiger partial charge in [-0.15, -0.1) is 0 Å². The summed E-state index contributed by atoms with van der Waals surface area (Å²) in [4.78, 5) is 14.1. The number of hydrogen-bond acceptors (Lipinski definition) is 4. The van der Waals surface area contributed by atoms with Gasteiger partial charge >= 0.3 is 5.69 Å². The summed E-state index contributed by atoms with van der Waals surface area (Å²) in [5, 5.41) is 13.7. The molecule has 0 radical (unpaired) electrons. The van der Waals surface area contributed by atoms with Gasteiger partial charge in [-0.1, -0.05) is 11.6 Å². The van der Waals surface area contributed by atoms with Gasteiger partial charge in [0.2, 0.25) is 0 Å². The minimum Gasteiger partial charge on any atom is -0.375 e. The van der Waals surface area contributed by atoms with Crippen LogP contribution in [0.15, 0.2) is 28.5 Å². The molecule has 1 N–H and O–H groups in total. The van der Waals surface area contributed by atoms with E-state index in [0.717, 1.165) is 5.57 Å². The lowest BCUT2D eigenvalue weighted by Crippen LogP contribution is -2.03. The number of pyridine rings is 1. The fourth-order valence-electron chi connectivity index (χ4n) is 1.10. The minimum atomic E-state index is -0.456. The smallest absolute Gasteiger partial charge is 0.311 e. The van der Waals surface area contributed by atoms with Crippen LogP contribution in [0.4, 0.5) is 11.4 Å². The standard InChI is InChI=1S/C10H12BrN3O2/c1-7(2)3-4-13-10-8(11)5-12-6-9(10)14(15)16/h3,5-6H,4H2,1-2H3,(H,12,13). The van der Waals surface area contributed by atoms with E-state index in [-0.39, 0.29) is 5.69 Å². The highest BCUT2D eigenvalue weighted by Gasteiger charge is 2.16.